The summed E-state index contributed by atoms with van der Waals surface area (Å²) in [5.74, 6) is -0.188. The first-order valence-corrected chi connectivity index (χ1v) is 24.0. The van der Waals surface area contributed by atoms with Gasteiger partial charge in [0, 0.05) is 6.42 Å². The molecule has 0 aromatic heterocycles. The highest BCUT2D eigenvalue weighted by atomic mass is 31.2. The second-order valence-electron chi connectivity index (χ2n) is 15.7. The number of hydrogen-bond acceptors (Lipinski definition) is 4. The second kappa shape index (κ2) is 39.2. The van der Waals surface area contributed by atoms with E-state index >= 15 is 0 Å². The fraction of sp³-hybridized carbons (Fsp3) is 0.977. The van der Waals surface area contributed by atoms with E-state index in [1.54, 1.807) is 0 Å². The Morgan fingerprint density at radius 2 is 0.765 bits per heavy atom. The Morgan fingerprint density at radius 3 is 1.06 bits per heavy atom. The van der Waals surface area contributed by atoms with Gasteiger partial charge in [0.15, 0.2) is 0 Å². The molecule has 0 fully saturated rings. The Hall–Kier alpha value is -0.460. The highest BCUT2D eigenvalue weighted by molar-refractivity contribution is 7.46. The SMILES string of the molecule is CCCCCCCCCCCCCCCCCCCCCCCCC(=O)N[C@@H](COP(=O)(O)O)[C@H](O)CCCCCCCCCCCCCCC. The highest BCUT2D eigenvalue weighted by Gasteiger charge is 2.25. The predicted octanol–water partition coefficient (Wildman–Crippen LogP) is 13.4. The number of rotatable bonds is 42. The van der Waals surface area contributed by atoms with Crippen LogP contribution in [0.15, 0.2) is 0 Å². The minimum Gasteiger partial charge on any atom is -0.391 e. The second-order valence-corrected chi connectivity index (χ2v) is 17.0. The molecular formula is C43H88NO6P. The van der Waals surface area contributed by atoms with E-state index in [1.165, 1.54) is 186 Å². The molecule has 1 amide bonds. The zero-order valence-electron chi connectivity index (χ0n) is 34.0. The summed E-state index contributed by atoms with van der Waals surface area (Å²) in [4.78, 5) is 30.9. The van der Waals surface area contributed by atoms with Crippen LogP contribution in [-0.4, -0.2) is 39.6 Å². The van der Waals surface area contributed by atoms with Crippen molar-refractivity contribution in [1.29, 1.82) is 0 Å². The first-order chi connectivity index (χ1) is 24.8. The topological polar surface area (TPSA) is 116 Å². The van der Waals surface area contributed by atoms with Gasteiger partial charge in [-0.2, -0.15) is 0 Å². The number of carbonyl (C=O) groups excluding carboxylic acids is 1. The Labute approximate surface area is 317 Å². The standard InChI is InChI=1S/C43H88NO6P/c1-3-5-7-9-11-13-15-17-18-19-20-21-22-23-24-25-27-29-31-33-35-37-39-43(46)44-41(40-50-51(47,48)49)42(45)38-36-34-32-30-28-26-16-14-12-10-8-6-4-2/h41-42,45H,3-40H2,1-2H3,(H,44,46)(H2,47,48,49)/t41-,42+/m0/s1. The maximum absolute atomic E-state index is 12.6. The fourth-order valence-electron chi connectivity index (χ4n) is 7.17. The van der Waals surface area contributed by atoms with Crippen molar-refractivity contribution in [3.8, 4) is 0 Å². The van der Waals surface area contributed by atoms with Crippen LogP contribution < -0.4 is 5.32 Å². The van der Waals surface area contributed by atoms with Gasteiger partial charge < -0.3 is 20.2 Å². The van der Waals surface area contributed by atoms with Crippen molar-refractivity contribution in [3.63, 3.8) is 0 Å². The van der Waals surface area contributed by atoms with Crippen molar-refractivity contribution in [2.75, 3.05) is 6.61 Å². The molecule has 0 spiro atoms. The highest BCUT2D eigenvalue weighted by Crippen LogP contribution is 2.36. The molecule has 0 rings (SSSR count). The lowest BCUT2D eigenvalue weighted by molar-refractivity contribution is -0.123. The lowest BCUT2D eigenvalue weighted by Crippen LogP contribution is -2.46. The normalized spacial score (nSPS) is 13.1. The summed E-state index contributed by atoms with van der Waals surface area (Å²) in [6.07, 6.45) is 45.2. The van der Waals surface area contributed by atoms with Crippen LogP contribution in [0, 0.1) is 0 Å². The van der Waals surface area contributed by atoms with Gasteiger partial charge in [-0.25, -0.2) is 4.57 Å². The molecule has 306 valence electrons. The van der Waals surface area contributed by atoms with Crippen LogP contribution in [0.2, 0.25) is 0 Å². The van der Waals surface area contributed by atoms with Crippen LogP contribution in [0.3, 0.4) is 0 Å². The summed E-state index contributed by atoms with van der Waals surface area (Å²) in [5, 5.41) is 13.5. The molecule has 0 aliphatic rings. The van der Waals surface area contributed by atoms with E-state index in [4.69, 9.17) is 9.79 Å². The third-order valence-electron chi connectivity index (χ3n) is 10.6. The Morgan fingerprint density at radius 1 is 0.490 bits per heavy atom. The minimum atomic E-state index is -4.69. The average Bonchev–Trinajstić information content (AvgIpc) is 3.10. The van der Waals surface area contributed by atoms with Gasteiger partial charge in [-0.1, -0.05) is 232 Å². The molecular weight excluding hydrogens is 657 g/mol. The molecule has 8 heteroatoms. The molecule has 0 unspecified atom stereocenters. The maximum atomic E-state index is 12.6. The summed E-state index contributed by atoms with van der Waals surface area (Å²) in [5.41, 5.74) is 0. The first-order valence-electron chi connectivity index (χ1n) is 22.5. The Bertz CT molecular complexity index is 763. The van der Waals surface area contributed by atoms with Crippen LogP contribution in [0.25, 0.3) is 0 Å². The number of nitrogens with one attached hydrogen (secondary N) is 1. The van der Waals surface area contributed by atoms with Crippen LogP contribution in [0.5, 0.6) is 0 Å². The third-order valence-corrected chi connectivity index (χ3v) is 11.1. The van der Waals surface area contributed by atoms with Gasteiger partial charge in [0.05, 0.1) is 18.8 Å². The molecule has 0 aromatic carbocycles. The molecule has 0 radical (unpaired) electrons. The first kappa shape index (κ1) is 50.5. The van der Waals surface area contributed by atoms with Crippen molar-refractivity contribution in [2.24, 2.45) is 0 Å². The zero-order valence-corrected chi connectivity index (χ0v) is 34.9. The molecule has 0 bridgehead atoms. The molecule has 0 saturated heterocycles. The monoisotopic (exact) mass is 746 g/mol. The van der Waals surface area contributed by atoms with E-state index in [-0.39, 0.29) is 5.91 Å². The lowest BCUT2D eigenvalue weighted by atomic mass is 10.0. The van der Waals surface area contributed by atoms with E-state index in [1.807, 2.05) is 0 Å². The molecule has 51 heavy (non-hydrogen) atoms. The number of aliphatic hydroxyl groups excluding tert-OH is 1. The van der Waals surface area contributed by atoms with Crippen molar-refractivity contribution in [3.05, 3.63) is 0 Å². The fourth-order valence-corrected chi connectivity index (χ4v) is 7.53. The molecule has 0 heterocycles. The lowest BCUT2D eigenvalue weighted by Gasteiger charge is -2.24. The molecule has 2 atom stereocenters. The number of hydrogen-bond donors (Lipinski definition) is 4. The van der Waals surface area contributed by atoms with E-state index in [9.17, 15) is 14.5 Å². The van der Waals surface area contributed by atoms with E-state index in [0.29, 0.717) is 12.8 Å². The van der Waals surface area contributed by atoms with Gasteiger partial charge in [-0.05, 0) is 12.8 Å². The zero-order chi connectivity index (χ0) is 37.5. The van der Waals surface area contributed by atoms with Crippen molar-refractivity contribution < 1.29 is 28.8 Å². The summed E-state index contributed by atoms with van der Waals surface area (Å²) in [6, 6.07) is -0.817. The van der Waals surface area contributed by atoms with Crippen LogP contribution in [0.4, 0.5) is 0 Å². The summed E-state index contributed by atoms with van der Waals surface area (Å²) in [7, 11) is -4.69. The summed E-state index contributed by atoms with van der Waals surface area (Å²) >= 11 is 0. The Kier molecular flexibility index (Phi) is 38.9. The molecule has 0 aliphatic heterocycles. The van der Waals surface area contributed by atoms with Crippen molar-refractivity contribution >= 4 is 13.7 Å². The molecule has 7 nitrogen and oxygen atoms in total. The largest absolute Gasteiger partial charge is 0.469 e. The number of amides is 1. The van der Waals surface area contributed by atoms with Gasteiger partial charge in [-0.15, -0.1) is 0 Å². The van der Waals surface area contributed by atoms with Crippen molar-refractivity contribution in [1.82, 2.24) is 5.32 Å². The number of phosphoric ester groups is 1. The van der Waals surface area contributed by atoms with Crippen LogP contribution in [0.1, 0.15) is 251 Å². The van der Waals surface area contributed by atoms with Gasteiger partial charge in [0.2, 0.25) is 5.91 Å². The van der Waals surface area contributed by atoms with Gasteiger partial charge in [0.25, 0.3) is 0 Å². The van der Waals surface area contributed by atoms with Gasteiger partial charge in [-0.3, -0.25) is 9.32 Å². The summed E-state index contributed by atoms with van der Waals surface area (Å²) in [6.45, 7) is 4.14. The average molecular weight is 746 g/mol. The molecule has 0 aliphatic carbocycles. The van der Waals surface area contributed by atoms with Crippen molar-refractivity contribution in [2.45, 2.75) is 264 Å². The van der Waals surface area contributed by atoms with E-state index in [0.717, 1.165) is 38.5 Å². The molecule has 0 aromatic rings. The van der Waals surface area contributed by atoms with Crippen LogP contribution >= 0.6 is 7.82 Å². The minimum absolute atomic E-state index is 0.188. The predicted molar refractivity (Wildman–Crippen MR) is 218 cm³/mol. The molecule has 4 N–H and O–H groups in total. The smallest absolute Gasteiger partial charge is 0.391 e. The number of aliphatic hydroxyl groups is 1. The van der Waals surface area contributed by atoms with E-state index in [2.05, 4.69) is 23.7 Å². The third kappa shape index (κ3) is 40.6. The summed E-state index contributed by atoms with van der Waals surface area (Å²) < 4.78 is 16.0. The quantitative estimate of drug-likeness (QED) is 0.0365. The van der Waals surface area contributed by atoms with Gasteiger partial charge in [0.1, 0.15) is 0 Å². The maximum Gasteiger partial charge on any atom is 0.469 e. The Balaban J connectivity index is 3.79. The number of unbranched alkanes of at least 4 members (excludes halogenated alkanes) is 33. The molecule has 0 saturated carbocycles. The van der Waals surface area contributed by atoms with Crippen LogP contribution in [-0.2, 0) is 13.9 Å². The van der Waals surface area contributed by atoms with Gasteiger partial charge >= 0.3 is 7.82 Å². The van der Waals surface area contributed by atoms with E-state index < -0.39 is 26.6 Å². The number of phosphoric acid groups is 1. The number of carbonyl (C=O) groups is 1.